The maximum Gasteiger partial charge on any atom is 0.246 e. The molecule has 3 rings (SSSR count). The lowest BCUT2D eigenvalue weighted by atomic mass is 10.0. The molecule has 0 aliphatic rings. The van der Waals surface area contributed by atoms with E-state index in [2.05, 4.69) is 10.4 Å². The molecule has 0 aliphatic carbocycles. The van der Waals surface area contributed by atoms with Crippen molar-refractivity contribution < 1.29 is 4.79 Å². The third-order valence-corrected chi connectivity index (χ3v) is 4.67. The number of nitrogens with one attached hydrogen (secondary N) is 1. The second-order valence-electron chi connectivity index (χ2n) is 6.78. The van der Waals surface area contributed by atoms with E-state index in [0.717, 1.165) is 16.9 Å². The first-order valence-electron chi connectivity index (χ1n) is 8.45. The van der Waals surface area contributed by atoms with Gasteiger partial charge in [-0.15, -0.1) is 0 Å². The van der Waals surface area contributed by atoms with Crippen LogP contribution in [-0.4, -0.2) is 20.3 Å². The molecule has 0 saturated heterocycles. The Labute approximate surface area is 148 Å². The fourth-order valence-electron chi connectivity index (χ4n) is 2.95. The number of hydrogen-bond donors (Lipinski definition) is 1. The van der Waals surface area contributed by atoms with Crippen LogP contribution in [0.4, 0.5) is 0 Å². The summed E-state index contributed by atoms with van der Waals surface area (Å²) in [6, 6.07) is 13.7. The highest BCUT2D eigenvalue weighted by atomic mass is 16.2. The molecule has 0 bridgehead atoms. The molecule has 0 radical (unpaired) electrons. The van der Waals surface area contributed by atoms with Crippen LogP contribution >= 0.6 is 0 Å². The van der Waals surface area contributed by atoms with Gasteiger partial charge in [0.25, 0.3) is 0 Å². The van der Waals surface area contributed by atoms with Crippen LogP contribution in [0.3, 0.4) is 0 Å². The Morgan fingerprint density at radius 1 is 1.12 bits per heavy atom. The lowest BCUT2D eigenvalue weighted by Gasteiger charge is -2.27. The third kappa shape index (κ3) is 3.22. The van der Waals surface area contributed by atoms with Gasteiger partial charge in [-0.25, -0.2) is 4.68 Å². The summed E-state index contributed by atoms with van der Waals surface area (Å²) >= 11 is 0. The van der Waals surface area contributed by atoms with Crippen LogP contribution in [0.25, 0.3) is 5.69 Å². The zero-order chi connectivity index (χ0) is 18.0. The molecule has 130 valence electrons. The fourth-order valence-corrected chi connectivity index (χ4v) is 2.95. The van der Waals surface area contributed by atoms with Gasteiger partial charge in [0.2, 0.25) is 5.91 Å². The highest BCUT2D eigenvalue weighted by Gasteiger charge is 2.30. The van der Waals surface area contributed by atoms with E-state index in [0.29, 0.717) is 0 Å². The Hall–Kier alpha value is -2.82. The minimum Gasteiger partial charge on any atom is -0.347 e. The second kappa shape index (κ2) is 6.59. The SMILES string of the molecule is Cc1c([C@H](C)NC(=O)C(C)(C)n2cccc2)cnn1-c1ccccc1. The molecule has 5 nitrogen and oxygen atoms in total. The van der Waals surface area contributed by atoms with E-state index in [1.165, 1.54) is 0 Å². The number of rotatable bonds is 5. The van der Waals surface area contributed by atoms with Gasteiger partial charge in [0.15, 0.2) is 0 Å². The van der Waals surface area contributed by atoms with Gasteiger partial charge in [-0.05, 0) is 52.0 Å². The van der Waals surface area contributed by atoms with Crippen molar-refractivity contribution in [1.29, 1.82) is 0 Å². The van der Waals surface area contributed by atoms with Gasteiger partial charge in [-0.3, -0.25) is 4.79 Å². The average molecular weight is 336 g/mol. The smallest absolute Gasteiger partial charge is 0.246 e. The standard InChI is InChI=1S/C20H24N4O/c1-15(22-19(25)20(3,4)23-12-8-9-13-23)18-14-21-24(16(18)2)17-10-6-5-7-11-17/h5-15H,1-4H3,(H,22,25)/t15-/m0/s1. The Morgan fingerprint density at radius 2 is 1.76 bits per heavy atom. The molecular formula is C20H24N4O. The van der Waals surface area contributed by atoms with Crippen molar-refractivity contribution in [3.63, 3.8) is 0 Å². The molecule has 2 aromatic heterocycles. The van der Waals surface area contributed by atoms with Crippen LogP contribution < -0.4 is 5.32 Å². The number of nitrogens with zero attached hydrogens (tertiary/aromatic N) is 3. The molecule has 1 aromatic carbocycles. The monoisotopic (exact) mass is 336 g/mol. The Morgan fingerprint density at radius 3 is 2.40 bits per heavy atom. The van der Waals surface area contributed by atoms with Gasteiger partial charge in [0, 0.05) is 23.7 Å². The molecule has 0 fully saturated rings. The van der Waals surface area contributed by atoms with Crippen LogP contribution in [0.5, 0.6) is 0 Å². The molecule has 1 amide bonds. The number of benzene rings is 1. The summed E-state index contributed by atoms with van der Waals surface area (Å²) in [6.07, 6.45) is 5.64. The lowest BCUT2D eigenvalue weighted by molar-refractivity contribution is -0.129. The quantitative estimate of drug-likeness (QED) is 0.774. The predicted molar refractivity (Wildman–Crippen MR) is 98.6 cm³/mol. The van der Waals surface area contributed by atoms with Crippen molar-refractivity contribution in [1.82, 2.24) is 19.7 Å². The van der Waals surface area contributed by atoms with Crippen LogP contribution in [0.15, 0.2) is 61.1 Å². The number of para-hydroxylation sites is 1. The van der Waals surface area contributed by atoms with Gasteiger partial charge < -0.3 is 9.88 Å². The van der Waals surface area contributed by atoms with Crippen molar-refractivity contribution in [2.24, 2.45) is 0 Å². The molecule has 1 atom stereocenters. The topological polar surface area (TPSA) is 51.9 Å². The van der Waals surface area contributed by atoms with E-state index < -0.39 is 5.54 Å². The van der Waals surface area contributed by atoms with E-state index in [4.69, 9.17) is 0 Å². The molecule has 0 saturated carbocycles. The van der Waals surface area contributed by atoms with Gasteiger partial charge in [-0.2, -0.15) is 5.10 Å². The molecule has 25 heavy (non-hydrogen) atoms. The molecule has 2 heterocycles. The molecule has 0 unspecified atom stereocenters. The molecule has 1 N–H and O–H groups in total. The maximum absolute atomic E-state index is 12.8. The molecule has 3 aromatic rings. The molecule has 0 spiro atoms. The third-order valence-electron chi connectivity index (χ3n) is 4.67. The van der Waals surface area contributed by atoms with E-state index in [-0.39, 0.29) is 11.9 Å². The summed E-state index contributed by atoms with van der Waals surface area (Å²) < 4.78 is 3.81. The average Bonchev–Trinajstić information content (AvgIpc) is 3.25. The van der Waals surface area contributed by atoms with Crippen molar-refractivity contribution in [2.75, 3.05) is 0 Å². The number of hydrogen-bond acceptors (Lipinski definition) is 2. The van der Waals surface area contributed by atoms with Gasteiger partial charge in [0.05, 0.1) is 17.9 Å². The van der Waals surface area contributed by atoms with Crippen LogP contribution in [0.1, 0.15) is 38.1 Å². The van der Waals surface area contributed by atoms with Gasteiger partial charge in [0.1, 0.15) is 5.54 Å². The van der Waals surface area contributed by atoms with E-state index in [1.54, 1.807) is 0 Å². The Kier molecular flexibility index (Phi) is 4.49. The first-order valence-corrected chi connectivity index (χ1v) is 8.45. The predicted octanol–water partition coefficient (Wildman–Crippen LogP) is 3.59. The Balaban J connectivity index is 1.79. The van der Waals surface area contributed by atoms with Crippen molar-refractivity contribution in [2.45, 2.75) is 39.3 Å². The van der Waals surface area contributed by atoms with Gasteiger partial charge in [-0.1, -0.05) is 18.2 Å². The Bertz CT molecular complexity index is 847. The number of aromatic nitrogens is 3. The summed E-state index contributed by atoms with van der Waals surface area (Å²) in [5, 5.41) is 7.60. The van der Waals surface area contributed by atoms with E-state index in [9.17, 15) is 4.79 Å². The van der Waals surface area contributed by atoms with Crippen molar-refractivity contribution in [3.05, 3.63) is 72.3 Å². The highest BCUT2D eigenvalue weighted by molar-refractivity contribution is 5.84. The summed E-state index contributed by atoms with van der Waals surface area (Å²) in [4.78, 5) is 12.8. The minimum atomic E-state index is -0.652. The zero-order valence-electron chi connectivity index (χ0n) is 15.1. The first-order chi connectivity index (χ1) is 11.9. The first kappa shape index (κ1) is 17.0. The van der Waals surface area contributed by atoms with Crippen LogP contribution in [0, 0.1) is 6.92 Å². The van der Waals surface area contributed by atoms with E-state index >= 15 is 0 Å². The summed E-state index contributed by atoms with van der Waals surface area (Å²) in [5.74, 6) is -0.0249. The minimum absolute atomic E-state index is 0.0249. The molecular weight excluding hydrogens is 312 g/mol. The normalized spacial score (nSPS) is 12.8. The number of amides is 1. The summed E-state index contributed by atoms with van der Waals surface area (Å²) in [5.41, 5.74) is 2.40. The molecule has 0 aliphatic heterocycles. The number of carbonyl (C=O) groups excluding carboxylic acids is 1. The summed E-state index contributed by atoms with van der Waals surface area (Å²) in [6.45, 7) is 7.84. The fraction of sp³-hybridized carbons (Fsp3) is 0.300. The summed E-state index contributed by atoms with van der Waals surface area (Å²) in [7, 11) is 0. The number of carbonyl (C=O) groups is 1. The largest absolute Gasteiger partial charge is 0.347 e. The van der Waals surface area contributed by atoms with Gasteiger partial charge >= 0.3 is 0 Å². The maximum atomic E-state index is 12.8. The van der Waals surface area contributed by atoms with Crippen molar-refractivity contribution in [3.8, 4) is 5.69 Å². The highest BCUT2D eigenvalue weighted by Crippen LogP contribution is 2.22. The van der Waals surface area contributed by atoms with Crippen LogP contribution in [-0.2, 0) is 10.3 Å². The second-order valence-corrected chi connectivity index (χ2v) is 6.78. The van der Waals surface area contributed by atoms with Crippen LogP contribution in [0.2, 0.25) is 0 Å². The van der Waals surface area contributed by atoms with Crippen molar-refractivity contribution >= 4 is 5.91 Å². The zero-order valence-corrected chi connectivity index (χ0v) is 15.1. The lowest BCUT2D eigenvalue weighted by Crippen LogP contribution is -2.44. The van der Waals surface area contributed by atoms with E-state index in [1.807, 2.05) is 98.0 Å². The molecule has 5 heteroatoms.